The van der Waals surface area contributed by atoms with Gasteiger partial charge >= 0.3 is 5.97 Å². The van der Waals surface area contributed by atoms with Crippen LogP contribution in [0, 0.1) is 0 Å². The maximum Gasteiger partial charge on any atom is 0.337 e. The number of hydrogen-bond acceptors (Lipinski definition) is 3. The maximum atomic E-state index is 11.1. The van der Waals surface area contributed by atoms with Crippen LogP contribution in [0.2, 0.25) is 0 Å². The summed E-state index contributed by atoms with van der Waals surface area (Å²) < 4.78 is 0. The van der Waals surface area contributed by atoms with Gasteiger partial charge in [-0.3, -0.25) is 9.79 Å². The van der Waals surface area contributed by atoms with Gasteiger partial charge in [-0.05, 0) is 29.8 Å². The third kappa shape index (κ3) is 4.01. The summed E-state index contributed by atoms with van der Waals surface area (Å²) in [5, 5.41) is 11.7. The van der Waals surface area contributed by atoms with Crippen LogP contribution in [0.4, 0.5) is 11.4 Å². The molecule has 0 fully saturated rings. The van der Waals surface area contributed by atoms with Crippen molar-refractivity contribution in [3.8, 4) is 0 Å². The Hall–Kier alpha value is -2.95. The summed E-state index contributed by atoms with van der Waals surface area (Å²) in [7, 11) is 0. The van der Waals surface area contributed by atoms with Crippen LogP contribution in [0.15, 0.2) is 53.5 Å². The van der Waals surface area contributed by atoms with Gasteiger partial charge in [0.25, 0.3) is 0 Å². The zero-order valence-corrected chi connectivity index (χ0v) is 11.4. The number of carboxylic acids is 1. The number of carbonyl (C=O) groups is 2. The number of carbonyl (C=O) groups excluding carboxylic acids is 1. The number of carboxylic acid groups (broad SMARTS) is 1. The molecule has 5 nitrogen and oxygen atoms in total. The summed E-state index contributed by atoms with van der Waals surface area (Å²) in [6.45, 7) is 1.44. The number of nitrogens with zero attached hydrogens (tertiary/aromatic N) is 1. The lowest BCUT2D eigenvalue weighted by Crippen LogP contribution is -2.05. The molecule has 0 aliphatic rings. The van der Waals surface area contributed by atoms with E-state index >= 15 is 0 Å². The minimum Gasteiger partial charge on any atom is -0.478 e. The molecule has 1 amide bonds. The zero-order chi connectivity index (χ0) is 15.2. The first-order valence-corrected chi connectivity index (χ1v) is 6.30. The minimum atomic E-state index is -1.01. The normalized spacial score (nSPS) is 10.5. The Kier molecular flexibility index (Phi) is 4.46. The molecule has 2 aromatic carbocycles. The second-order valence-corrected chi connectivity index (χ2v) is 4.38. The lowest BCUT2D eigenvalue weighted by atomic mass is 10.2. The van der Waals surface area contributed by atoms with Crippen molar-refractivity contribution < 1.29 is 14.7 Å². The summed E-state index contributed by atoms with van der Waals surface area (Å²) >= 11 is 0. The number of para-hydroxylation sites is 1. The van der Waals surface area contributed by atoms with Gasteiger partial charge in [-0.25, -0.2) is 4.79 Å². The Morgan fingerprint density at radius 3 is 2.38 bits per heavy atom. The Morgan fingerprint density at radius 1 is 1.10 bits per heavy atom. The Morgan fingerprint density at radius 2 is 1.76 bits per heavy atom. The molecule has 0 spiro atoms. The number of aromatic carboxylic acids is 1. The van der Waals surface area contributed by atoms with E-state index in [4.69, 9.17) is 5.11 Å². The molecule has 2 aromatic rings. The van der Waals surface area contributed by atoms with Gasteiger partial charge in [0.2, 0.25) is 5.91 Å². The second kappa shape index (κ2) is 6.47. The van der Waals surface area contributed by atoms with Crippen LogP contribution >= 0.6 is 0 Å². The van der Waals surface area contributed by atoms with Crippen LogP contribution in [0.25, 0.3) is 0 Å². The molecule has 0 radical (unpaired) electrons. The van der Waals surface area contributed by atoms with E-state index in [9.17, 15) is 9.59 Å². The van der Waals surface area contributed by atoms with Crippen molar-refractivity contribution in [3.63, 3.8) is 0 Å². The van der Waals surface area contributed by atoms with E-state index in [0.717, 1.165) is 5.56 Å². The number of nitrogens with one attached hydrogen (secondary N) is 1. The lowest BCUT2D eigenvalue weighted by molar-refractivity contribution is -0.114. The number of benzene rings is 2. The van der Waals surface area contributed by atoms with E-state index in [2.05, 4.69) is 10.3 Å². The molecular formula is C16H14N2O3. The van der Waals surface area contributed by atoms with Crippen molar-refractivity contribution in [1.29, 1.82) is 0 Å². The molecule has 0 saturated carbocycles. The van der Waals surface area contributed by atoms with Gasteiger partial charge in [0, 0.05) is 18.8 Å². The molecule has 2 rings (SSSR count). The Balaban J connectivity index is 2.18. The zero-order valence-electron chi connectivity index (χ0n) is 11.4. The minimum absolute atomic E-state index is 0.133. The van der Waals surface area contributed by atoms with E-state index in [1.165, 1.54) is 13.0 Å². The molecule has 2 N–H and O–H groups in total. The molecule has 0 aliphatic heterocycles. The molecule has 0 aromatic heterocycles. The van der Waals surface area contributed by atoms with Crippen LogP contribution < -0.4 is 5.32 Å². The fourth-order valence-electron chi connectivity index (χ4n) is 1.77. The van der Waals surface area contributed by atoms with E-state index < -0.39 is 5.97 Å². The average molecular weight is 282 g/mol. The highest BCUT2D eigenvalue weighted by atomic mass is 16.4. The van der Waals surface area contributed by atoms with E-state index in [1.807, 2.05) is 0 Å². The van der Waals surface area contributed by atoms with Crippen molar-refractivity contribution in [2.45, 2.75) is 6.92 Å². The van der Waals surface area contributed by atoms with Gasteiger partial charge < -0.3 is 10.4 Å². The Labute approximate surface area is 122 Å². The molecule has 0 unspecified atom stereocenters. The first-order chi connectivity index (χ1) is 10.1. The van der Waals surface area contributed by atoms with Crippen molar-refractivity contribution in [1.82, 2.24) is 0 Å². The Bertz CT molecular complexity index is 691. The average Bonchev–Trinajstić information content (AvgIpc) is 2.46. The first-order valence-electron chi connectivity index (χ1n) is 6.30. The standard InChI is InChI=1S/C16H14N2O3/c1-11(19)18-13-8-6-12(7-9-13)10-17-15-5-3-2-4-14(15)16(20)21/h2-10H,1H3,(H,18,19)(H,20,21). The van der Waals surface area contributed by atoms with Crippen LogP contribution in [-0.2, 0) is 4.79 Å². The monoisotopic (exact) mass is 282 g/mol. The molecule has 5 heteroatoms. The van der Waals surface area contributed by atoms with Crippen LogP contribution in [0.3, 0.4) is 0 Å². The molecule has 21 heavy (non-hydrogen) atoms. The predicted molar refractivity (Wildman–Crippen MR) is 81.4 cm³/mol. The van der Waals surface area contributed by atoms with Crippen LogP contribution in [0.1, 0.15) is 22.8 Å². The summed E-state index contributed by atoms with van der Waals surface area (Å²) in [6.07, 6.45) is 1.58. The number of amides is 1. The van der Waals surface area contributed by atoms with Gasteiger partial charge in [-0.2, -0.15) is 0 Å². The van der Waals surface area contributed by atoms with Crippen molar-refractivity contribution >= 4 is 29.5 Å². The molecule has 0 atom stereocenters. The third-order valence-electron chi connectivity index (χ3n) is 2.72. The fourth-order valence-corrected chi connectivity index (χ4v) is 1.77. The predicted octanol–water partition coefficient (Wildman–Crippen LogP) is 3.09. The van der Waals surface area contributed by atoms with Gasteiger partial charge in [-0.15, -0.1) is 0 Å². The van der Waals surface area contributed by atoms with E-state index in [1.54, 1.807) is 48.7 Å². The number of anilines is 1. The molecule has 0 heterocycles. The highest BCUT2D eigenvalue weighted by Crippen LogP contribution is 2.18. The lowest BCUT2D eigenvalue weighted by Gasteiger charge is -2.02. The largest absolute Gasteiger partial charge is 0.478 e. The van der Waals surface area contributed by atoms with E-state index in [-0.39, 0.29) is 11.5 Å². The van der Waals surface area contributed by atoms with Crippen molar-refractivity contribution in [2.75, 3.05) is 5.32 Å². The SMILES string of the molecule is CC(=O)Nc1ccc(C=Nc2ccccc2C(=O)O)cc1. The molecule has 0 aliphatic carbocycles. The number of rotatable bonds is 4. The summed E-state index contributed by atoms with van der Waals surface area (Å²) in [6, 6.07) is 13.6. The molecule has 0 saturated heterocycles. The van der Waals surface area contributed by atoms with E-state index in [0.29, 0.717) is 11.4 Å². The molecule has 0 bridgehead atoms. The topological polar surface area (TPSA) is 78.8 Å². The van der Waals surface area contributed by atoms with Gasteiger partial charge in [0.05, 0.1) is 11.3 Å². The highest BCUT2D eigenvalue weighted by molar-refractivity contribution is 5.95. The first kappa shape index (κ1) is 14.5. The highest BCUT2D eigenvalue weighted by Gasteiger charge is 2.07. The van der Waals surface area contributed by atoms with Gasteiger partial charge in [0.15, 0.2) is 0 Å². The van der Waals surface area contributed by atoms with Gasteiger partial charge in [-0.1, -0.05) is 24.3 Å². The maximum absolute atomic E-state index is 11.1. The van der Waals surface area contributed by atoms with Crippen LogP contribution in [-0.4, -0.2) is 23.2 Å². The van der Waals surface area contributed by atoms with Crippen molar-refractivity contribution in [2.24, 2.45) is 4.99 Å². The van der Waals surface area contributed by atoms with Crippen molar-refractivity contribution in [3.05, 3.63) is 59.7 Å². The molecule has 106 valence electrons. The second-order valence-electron chi connectivity index (χ2n) is 4.38. The van der Waals surface area contributed by atoms with Crippen LogP contribution in [0.5, 0.6) is 0 Å². The number of aliphatic imine (C=N–C) groups is 1. The summed E-state index contributed by atoms with van der Waals surface area (Å²) in [4.78, 5) is 26.2. The quantitative estimate of drug-likeness (QED) is 0.846. The number of hydrogen-bond donors (Lipinski definition) is 2. The third-order valence-corrected chi connectivity index (χ3v) is 2.72. The summed E-state index contributed by atoms with van der Waals surface area (Å²) in [5.41, 5.74) is 2.06. The fraction of sp³-hybridized carbons (Fsp3) is 0.0625. The molecular weight excluding hydrogens is 268 g/mol. The smallest absolute Gasteiger partial charge is 0.337 e. The summed E-state index contributed by atoms with van der Waals surface area (Å²) in [5.74, 6) is -1.14. The van der Waals surface area contributed by atoms with Gasteiger partial charge in [0.1, 0.15) is 0 Å².